The van der Waals surface area contributed by atoms with Gasteiger partial charge < -0.3 is 10.2 Å². The van der Waals surface area contributed by atoms with E-state index in [1.54, 1.807) is 17.8 Å². The molecule has 1 atom stereocenters. The van der Waals surface area contributed by atoms with Gasteiger partial charge in [-0.3, -0.25) is 9.59 Å². The third-order valence-electron chi connectivity index (χ3n) is 4.53. The Hall–Kier alpha value is -2.34. The van der Waals surface area contributed by atoms with Crippen LogP contribution in [0.15, 0.2) is 53.4 Å². The minimum Gasteiger partial charge on any atom is -0.361 e. The van der Waals surface area contributed by atoms with Crippen molar-refractivity contribution in [3.8, 4) is 0 Å². The standard InChI is InChI=1S/C21H23FN2O2S/c1-15(25)18(12-16-6-3-2-4-7-16)23-21(26)14-24-10-5-11-27-20-9-8-17(22)13-19(20)24/h2-4,6-9,13,18H,5,10-12,14H2,1H3,(H,23,26)/t18-/m1/s1. The Balaban J connectivity index is 1.69. The number of fused-ring (bicyclic) bond motifs is 1. The summed E-state index contributed by atoms with van der Waals surface area (Å²) in [4.78, 5) is 27.5. The van der Waals surface area contributed by atoms with Crippen molar-refractivity contribution in [2.75, 3.05) is 23.7 Å². The lowest BCUT2D eigenvalue weighted by molar-refractivity contribution is -0.126. The molecule has 1 amide bonds. The maximum Gasteiger partial charge on any atom is 0.240 e. The highest BCUT2D eigenvalue weighted by Gasteiger charge is 2.22. The van der Waals surface area contributed by atoms with Gasteiger partial charge in [0, 0.05) is 11.4 Å². The Morgan fingerprint density at radius 1 is 1.22 bits per heavy atom. The minimum atomic E-state index is -0.562. The third-order valence-corrected chi connectivity index (χ3v) is 5.68. The molecule has 0 aromatic heterocycles. The summed E-state index contributed by atoms with van der Waals surface area (Å²) >= 11 is 1.68. The predicted molar refractivity (Wildman–Crippen MR) is 107 cm³/mol. The summed E-state index contributed by atoms with van der Waals surface area (Å²) in [6, 6.07) is 13.7. The molecule has 0 unspecified atom stereocenters. The summed E-state index contributed by atoms with van der Waals surface area (Å²) < 4.78 is 13.7. The molecule has 3 rings (SSSR count). The molecule has 1 N–H and O–H groups in total. The number of amides is 1. The highest BCUT2D eigenvalue weighted by molar-refractivity contribution is 7.99. The molecular weight excluding hydrogens is 363 g/mol. The van der Waals surface area contributed by atoms with Crippen LogP contribution in [0.4, 0.5) is 10.1 Å². The van der Waals surface area contributed by atoms with E-state index in [1.807, 2.05) is 35.2 Å². The number of ketones is 1. The van der Waals surface area contributed by atoms with Gasteiger partial charge in [0.1, 0.15) is 5.82 Å². The maximum absolute atomic E-state index is 13.7. The number of halogens is 1. The topological polar surface area (TPSA) is 49.4 Å². The summed E-state index contributed by atoms with van der Waals surface area (Å²) in [5.74, 6) is 0.312. The first-order chi connectivity index (χ1) is 13.0. The van der Waals surface area contributed by atoms with Crippen molar-refractivity contribution in [2.24, 2.45) is 0 Å². The van der Waals surface area contributed by atoms with Crippen LogP contribution in [0.2, 0.25) is 0 Å². The van der Waals surface area contributed by atoms with Crippen LogP contribution in [0, 0.1) is 5.82 Å². The third kappa shape index (κ3) is 5.32. The van der Waals surface area contributed by atoms with E-state index in [4.69, 9.17) is 0 Å². The first-order valence-corrected chi connectivity index (χ1v) is 10.0. The Morgan fingerprint density at radius 2 is 2.00 bits per heavy atom. The number of Topliss-reactive ketones (excluding diaryl/α,β-unsaturated/α-hetero) is 1. The van der Waals surface area contributed by atoms with E-state index in [2.05, 4.69) is 5.32 Å². The molecule has 4 nitrogen and oxygen atoms in total. The Morgan fingerprint density at radius 3 is 2.74 bits per heavy atom. The number of hydrogen-bond donors (Lipinski definition) is 1. The maximum atomic E-state index is 13.7. The van der Waals surface area contributed by atoms with Crippen molar-refractivity contribution in [2.45, 2.75) is 30.7 Å². The summed E-state index contributed by atoms with van der Waals surface area (Å²) in [7, 11) is 0. The quantitative estimate of drug-likeness (QED) is 0.826. The van der Waals surface area contributed by atoms with E-state index >= 15 is 0 Å². The molecule has 0 aliphatic carbocycles. The van der Waals surface area contributed by atoms with Crippen molar-refractivity contribution in [1.29, 1.82) is 0 Å². The van der Waals surface area contributed by atoms with Gasteiger partial charge in [-0.25, -0.2) is 4.39 Å². The minimum absolute atomic E-state index is 0.0786. The molecule has 2 aromatic rings. The van der Waals surface area contributed by atoms with Gasteiger partial charge in [0.15, 0.2) is 5.78 Å². The Kier molecular flexibility index (Phi) is 6.50. The van der Waals surface area contributed by atoms with E-state index < -0.39 is 6.04 Å². The number of rotatable bonds is 6. The second-order valence-corrected chi connectivity index (χ2v) is 7.79. The van der Waals surface area contributed by atoms with Crippen LogP contribution >= 0.6 is 11.8 Å². The van der Waals surface area contributed by atoms with E-state index in [-0.39, 0.29) is 24.1 Å². The molecule has 1 heterocycles. The first kappa shape index (κ1) is 19.4. The molecule has 1 aliphatic heterocycles. The summed E-state index contributed by atoms with van der Waals surface area (Å²) in [6.07, 6.45) is 1.37. The first-order valence-electron chi connectivity index (χ1n) is 9.04. The van der Waals surface area contributed by atoms with Crippen molar-refractivity contribution < 1.29 is 14.0 Å². The van der Waals surface area contributed by atoms with E-state index in [0.717, 1.165) is 28.3 Å². The highest BCUT2D eigenvalue weighted by atomic mass is 32.2. The number of carbonyl (C=O) groups excluding carboxylic acids is 2. The van der Waals surface area contributed by atoms with Gasteiger partial charge in [-0.2, -0.15) is 0 Å². The number of hydrogen-bond acceptors (Lipinski definition) is 4. The van der Waals surface area contributed by atoms with E-state index in [9.17, 15) is 14.0 Å². The van der Waals surface area contributed by atoms with E-state index in [0.29, 0.717) is 13.0 Å². The molecule has 0 saturated carbocycles. The van der Waals surface area contributed by atoms with Crippen LogP contribution in [0.1, 0.15) is 18.9 Å². The van der Waals surface area contributed by atoms with Crippen LogP contribution in [-0.4, -0.2) is 36.6 Å². The van der Waals surface area contributed by atoms with Crippen molar-refractivity contribution in [3.63, 3.8) is 0 Å². The van der Waals surface area contributed by atoms with Gasteiger partial charge >= 0.3 is 0 Å². The van der Waals surface area contributed by atoms with Gasteiger partial charge in [0.25, 0.3) is 0 Å². The molecule has 2 aromatic carbocycles. The van der Waals surface area contributed by atoms with Gasteiger partial charge in [-0.05, 0) is 49.3 Å². The lowest BCUT2D eigenvalue weighted by Gasteiger charge is -2.25. The normalized spacial score (nSPS) is 14.8. The van der Waals surface area contributed by atoms with Crippen molar-refractivity contribution >= 4 is 29.1 Å². The van der Waals surface area contributed by atoms with Crippen LogP contribution in [0.3, 0.4) is 0 Å². The molecule has 27 heavy (non-hydrogen) atoms. The Bertz CT molecular complexity index is 813. The lowest BCUT2D eigenvalue weighted by atomic mass is 10.0. The van der Waals surface area contributed by atoms with Crippen LogP contribution in [0.25, 0.3) is 0 Å². The van der Waals surface area contributed by atoms with Crippen LogP contribution < -0.4 is 10.2 Å². The number of benzene rings is 2. The number of anilines is 1. The summed E-state index contributed by atoms with van der Waals surface area (Å²) in [6.45, 7) is 2.27. The Labute approximate surface area is 163 Å². The monoisotopic (exact) mass is 386 g/mol. The molecule has 0 spiro atoms. The largest absolute Gasteiger partial charge is 0.361 e. The fourth-order valence-electron chi connectivity index (χ4n) is 3.14. The van der Waals surface area contributed by atoms with Crippen LogP contribution in [0.5, 0.6) is 0 Å². The SMILES string of the molecule is CC(=O)[C@@H](Cc1ccccc1)NC(=O)CN1CCCSc2ccc(F)cc21. The van der Waals surface area contributed by atoms with E-state index in [1.165, 1.54) is 19.1 Å². The summed E-state index contributed by atoms with van der Waals surface area (Å²) in [5.41, 5.74) is 1.74. The van der Waals surface area contributed by atoms with Gasteiger partial charge in [-0.15, -0.1) is 11.8 Å². The van der Waals surface area contributed by atoms with Gasteiger partial charge in [0.05, 0.1) is 18.3 Å². The predicted octanol–water partition coefficient (Wildman–Crippen LogP) is 3.44. The zero-order chi connectivity index (χ0) is 19.2. The molecule has 142 valence electrons. The molecule has 0 fully saturated rings. The lowest BCUT2D eigenvalue weighted by Crippen LogP contribution is -2.46. The van der Waals surface area contributed by atoms with Crippen molar-refractivity contribution in [3.05, 3.63) is 59.9 Å². The average molecular weight is 386 g/mol. The van der Waals surface area contributed by atoms with Gasteiger partial charge in [0.2, 0.25) is 5.91 Å². The molecule has 0 bridgehead atoms. The number of nitrogens with zero attached hydrogens (tertiary/aromatic N) is 1. The molecule has 0 saturated heterocycles. The highest BCUT2D eigenvalue weighted by Crippen LogP contribution is 2.34. The average Bonchev–Trinajstić information content (AvgIpc) is 2.84. The number of thioether (sulfide) groups is 1. The molecule has 0 radical (unpaired) electrons. The second kappa shape index (κ2) is 9.04. The fraction of sp³-hybridized carbons (Fsp3) is 0.333. The van der Waals surface area contributed by atoms with Crippen LogP contribution in [-0.2, 0) is 16.0 Å². The second-order valence-electron chi connectivity index (χ2n) is 6.66. The molecular formula is C21H23FN2O2S. The molecule has 6 heteroatoms. The smallest absolute Gasteiger partial charge is 0.240 e. The number of carbonyl (C=O) groups is 2. The number of nitrogens with one attached hydrogen (secondary N) is 1. The summed E-state index contributed by atoms with van der Waals surface area (Å²) in [5, 5.41) is 2.85. The van der Waals surface area contributed by atoms with Gasteiger partial charge in [-0.1, -0.05) is 30.3 Å². The zero-order valence-corrected chi connectivity index (χ0v) is 16.1. The fourth-order valence-corrected chi connectivity index (χ4v) is 4.13. The molecule has 1 aliphatic rings. The van der Waals surface area contributed by atoms with Crippen molar-refractivity contribution in [1.82, 2.24) is 5.32 Å². The zero-order valence-electron chi connectivity index (χ0n) is 15.3.